The van der Waals surface area contributed by atoms with E-state index in [2.05, 4.69) is 0 Å². The Morgan fingerprint density at radius 3 is 2.50 bits per heavy atom. The second kappa shape index (κ2) is 6.43. The molecule has 0 aromatic heterocycles. The van der Waals surface area contributed by atoms with Crippen molar-refractivity contribution in [2.75, 3.05) is 6.54 Å². The van der Waals surface area contributed by atoms with Crippen molar-refractivity contribution in [3.8, 4) is 0 Å². The maximum Gasteiger partial charge on any atom is 0.326 e. The summed E-state index contributed by atoms with van der Waals surface area (Å²) in [6.07, 6.45) is 0.0622. The molecule has 22 heavy (non-hydrogen) atoms. The molecule has 1 aliphatic heterocycles. The first-order chi connectivity index (χ1) is 10.3. The number of aliphatic carboxylic acids is 1. The van der Waals surface area contributed by atoms with Gasteiger partial charge < -0.3 is 10.0 Å². The summed E-state index contributed by atoms with van der Waals surface area (Å²) in [6, 6.07) is 7.98. The molecule has 1 N–H and O–H groups in total. The summed E-state index contributed by atoms with van der Waals surface area (Å²) in [5.41, 5.74) is 0.912. The Morgan fingerprint density at radius 2 is 2.00 bits per heavy atom. The Bertz CT molecular complexity index is 661. The largest absolute Gasteiger partial charge is 0.480 e. The zero-order valence-electron chi connectivity index (χ0n) is 11.7. The molecule has 6 nitrogen and oxygen atoms in total. The Kier molecular flexibility index (Phi) is 4.80. The predicted octanol–water partition coefficient (Wildman–Crippen LogP) is 0.973. The second-order valence-electron chi connectivity index (χ2n) is 5.23. The van der Waals surface area contributed by atoms with Gasteiger partial charge in [-0.25, -0.2) is 4.79 Å². The number of carbonyl (C=O) groups is 2. The van der Waals surface area contributed by atoms with Gasteiger partial charge in [0.05, 0.1) is 0 Å². The quantitative estimate of drug-likeness (QED) is 0.785. The predicted molar refractivity (Wildman–Crippen MR) is 76.3 cm³/mol. The van der Waals surface area contributed by atoms with E-state index in [1.54, 1.807) is 0 Å². The van der Waals surface area contributed by atoms with Crippen LogP contribution in [0.1, 0.15) is 18.4 Å². The number of carboxylic acids is 1. The Balaban J connectivity index is 2.08. The third-order valence-electron chi connectivity index (χ3n) is 3.73. The van der Waals surface area contributed by atoms with Gasteiger partial charge in [0.2, 0.25) is 5.91 Å². The minimum Gasteiger partial charge on any atom is -0.480 e. The number of hydrogen-bond acceptors (Lipinski definition) is 4. The number of aryl methyl sites for hydroxylation is 1. The maximum absolute atomic E-state index is 13.0. The molecule has 120 valence electrons. The van der Waals surface area contributed by atoms with Crippen molar-refractivity contribution in [3.63, 3.8) is 0 Å². The lowest BCUT2D eigenvalue weighted by Crippen LogP contribution is -2.43. The van der Waals surface area contributed by atoms with Crippen LogP contribution in [0.25, 0.3) is 0 Å². The number of nitrogens with zero attached hydrogens (tertiary/aromatic N) is 1. The summed E-state index contributed by atoms with van der Waals surface area (Å²) in [6.45, 7) is -0.413. The number of rotatable bonds is 6. The minimum atomic E-state index is -4.85. The van der Waals surface area contributed by atoms with Gasteiger partial charge in [0.25, 0.3) is 0 Å². The van der Waals surface area contributed by atoms with Crippen molar-refractivity contribution in [1.29, 1.82) is 0 Å². The van der Waals surface area contributed by atoms with Crippen molar-refractivity contribution in [2.45, 2.75) is 30.6 Å². The number of amides is 1. The van der Waals surface area contributed by atoms with Crippen LogP contribution >= 0.6 is 0 Å². The van der Waals surface area contributed by atoms with Crippen molar-refractivity contribution >= 4 is 22.1 Å². The Morgan fingerprint density at radius 1 is 1.36 bits per heavy atom. The van der Waals surface area contributed by atoms with Crippen LogP contribution in [-0.4, -0.2) is 48.1 Å². The summed E-state index contributed by atoms with van der Waals surface area (Å²) in [7, 11) is -4.85. The van der Waals surface area contributed by atoms with E-state index in [4.69, 9.17) is 0 Å². The molecule has 2 atom stereocenters. The van der Waals surface area contributed by atoms with E-state index >= 15 is 0 Å². The van der Waals surface area contributed by atoms with Crippen molar-refractivity contribution in [3.05, 3.63) is 35.9 Å². The van der Waals surface area contributed by atoms with E-state index in [0.717, 1.165) is 10.5 Å². The molecule has 2 rings (SSSR count). The molecular weight excluding hydrogens is 313 g/mol. The second-order valence-corrected chi connectivity index (χ2v) is 6.84. The summed E-state index contributed by atoms with van der Waals surface area (Å²) >= 11 is 0. The molecule has 1 saturated heterocycles. The van der Waals surface area contributed by atoms with Crippen LogP contribution in [0.4, 0.5) is 3.89 Å². The highest BCUT2D eigenvalue weighted by molar-refractivity contribution is 7.87. The third kappa shape index (κ3) is 3.82. The van der Waals surface area contributed by atoms with Gasteiger partial charge in [-0.05, 0) is 18.4 Å². The fourth-order valence-corrected chi connectivity index (χ4v) is 3.23. The van der Waals surface area contributed by atoms with E-state index in [0.29, 0.717) is 6.42 Å². The Hall–Kier alpha value is -1.96. The molecular formula is C14H16FNO5S. The van der Waals surface area contributed by atoms with Crippen LogP contribution in [-0.2, 0) is 26.2 Å². The van der Waals surface area contributed by atoms with E-state index in [-0.39, 0.29) is 6.42 Å². The average Bonchev–Trinajstić information content (AvgIpc) is 2.82. The maximum atomic E-state index is 13.0. The van der Waals surface area contributed by atoms with Crippen LogP contribution in [0.15, 0.2) is 30.3 Å². The molecule has 1 amide bonds. The van der Waals surface area contributed by atoms with Gasteiger partial charge in [-0.15, -0.1) is 3.89 Å². The highest BCUT2D eigenvalue weighted by atomic mass is 32.3. The number of benzene rings is 1. The molecule has 0 aliphatic carbocycles. The van der Waals surface area contributed by atoms with E-state index in [1.807, 2.05) is 30.3 Å². The summed E-state index contributed by atoms with van der Waals surface area (Å²) in [5, 5.41) is 7.81. The topological polar surface area (TPSA) is 91.8 Å². The number of likely N-dealkylation sites (tertiary alicyclic amines) is 1. The molecule has 0 spiro atoms. The van der Waals surface area contributed by atoms with Gasteiger partial charge in [-0.2, -0.15) is 8.42 Å². The molecule has 8 heteroatoms. The van der Waals surface area contributed by atoms with Crippen molar-refractivity contribution in [1.82, 2.24) is 4.90 Å². The fourth-order valence-electron chi connectivity index (χ4n) is 2.55. The van der Waals surface area contributed by atoms with Gasteiger partial charge in [0.15, 0.2) is 0 Å². The van der Waals surface area contributed by atoms with Crippen molar-refractivity contribution in [2.24, 2.45) is 0 Å². The first-order valence-electron chi connectivity index (χ1n) is 6.78. The van der Waals surface area contributed by atoms with E-state index in [1.165, 1.54) is 0 Å². The smallest absolute Gasteiger partial charge is 0.326 e. The molecule has 1 aliphatic rings. The molecule has 1 aromatic carbocycles. The van der Waals surface area contributed by atoms with Crippen LogP contribution < -0.4 is 0 Å². The summed E-state index contributed by atoms with van der Waals surface area (Å²) in [4.78, 5) is 24.1. The monoisotopic (exact) mass is 329 g/mol. The van der Waals surface area contributed by atoms with Gasteiger partial charge >= 0.3 is 16.2 Å². The van der Waals surface area contributed by atoms with Gasteiger partial charge in [0.1, 0.15) is 11.3 Å². The molecule has 1 fully saturated rings. The first kappa shape index (κ1) is 16.4. The number of carbonyl (C=O) groups excluding carboxylic acids is 1. The fraction of sp³-hybridized carbons (Fsp3) is 0.429. The third-order valence-corrected chi connectivity index (χ3v) is 4.84. The zero-order valence-corrected chi connectivity index (χ0v) is 12.5. The minimum absolute atomic E-state index is 0.143. The van der Waals surface area contributed by atoms with E-state index < -0.39 is 46.4 Å². The summed E-state index contributed by atoms with van der Waals surface area (Å²) < 4.78 is 34.8. The first-order valence-corrected chi connectivity index (χ1v) is 8.23. The average molecular weight is 329 g/mol. The van der Waals surface area contributed by atoms with Crippen molar-refractivity contribution < 1.29 is 27.0 Å². The molecule has 1 heterocycles. The van der Waals surface area contributed by atoms with Crippen LogP contribution in [0.2, 0.25) is 0 Å². The highest BCUT2D eigenvalue weighted by Crippen LogP contribution is 2.23. The molecule has 0 bridgehead atoms. The summed E-state index contributed by atoms with van der Waals surface area (Å²) in [5.74, 6) is -1.87. The van der Waals surface area contributed by atoms with Gasteiger partial charge in [-0.3, -0.25) is 4.79 Å². The Labute approximate surface area is 127 Å². The molecule has 0 radical (unpaired) electrons. The number of halogens is 1. The SMILES string of the molecule is O=C(O)[C@H](CCc1ccccc1)N1CC(S(=O)(=O)F)CC1=O. The van der Waals surface area contributed by atoms with Crippen LogP contribution in [0.5, 0.6) is 0 Å². The zero-order chi connectivity index (χ0) is 16.3. The number of hydrogen-bond donors (Lipinski definition) is 1. The molecule has 1 aromatic rings. The van der Waals surface area contributed by atoms with Gasteiger partial charge in [0, 0.05) is 13.0 Å². The lowest BCUT2D eigenvalue weighted by molar-refractivity contribution is -0.148. The standard InChI is InChI=1S/C14H16FNO5S/c15-22(20,21)11-8-13(17)16(9-11)12(14(18)19)7-6-10-4-2-1-3-5-10/h1-5,11-12H,6-9H2,(H,18,19)/t11?,12-/m0/s1. The number of carboxylic acid groups (broad SMARTS) is 1. The highest BCUT2D eigenvalue weighted by Gasteiger charge is 2.43. The molecule has 0 saturated carbocycles. The lowest BCUT2D eigenvalue weighted by Gasteiger charge is -2.24. The lowest BCUT2D eigenvalue weighted by atomic mass is 10.0. The normalized spacial score (nSPS) is 20.1. The van der Waals surface area contributed by atoms with Crippen LogP contribution in [0.3, 0.4) is 0 Å². The van der Waals surface area contributed by atoms with E-state index in [9.17, 15) is 27.0 Å². The van der Waals surface area contributed by atoms with Crippen LogP contribution in [0, 0.1) is 0 Å². The van der Waals surface area contributed by atoms with Gasteiger partial charge in [-0.1, -0.05) is 30.3 Å². The molecule has 1 unspecified atom stereocenters.